The Labute approximate surface area is 178 Å². The number of carbonyl (C=O) groups is 2. The van der Waals surface area contributed by atoms with E-state index in [-0.39, 0.29) is 11.8 Å². The van der Waals surface area contributed by atoms with Crippen molar-refractivity contribution in [2.75, 3.05) is 13.1 Å². The maximum absolute atomic E-state index is 13.2. The fourth-order valence-corrected chi connectivity index (χ4v) is 4.01. The Hall–Kier alpha value is -2.89. The van der Waals surface area contributed by atoms with E-state index in [2.05, 4.69) is 10.3 Å². The van der Waals surface area contributed by atoms with Gasteiger partial charge in [0, 0.05) is 30.9 Å². The van der Waals surface area contributed by atoms with E-state index in [4.69, 9.17) is 4.74 Å². The third-order valence-corrected chi connectivity index (χ3v) is 5.75. The van der Waals surface area contributed by atoms with E-state index in [0.717, 1.165) is 24.8 Å². The molecule has 0 saturated heterocycles. The molecule has 1 aromatic heterocycles. The van der Waals surface area contributed by atoms with Crippen molar-refractivity contribution in [3.8, 4) is 5.88 Å². The molecular weight excluding hydrogens is 378 g/mol. The van der Waals surface area contributed by atoms with Gasteiger partial charge in [0.25, 0.3) is 5.91 Å². The summed E-state index contributed by atoms with van der Waals surface area (Å²) in [6.45, 7) is 5.60. The summed E-state index contributed by atoms with van der Waals surface area (Å²) in [6, 6.07) is 13.1. The van der Waals surface area contributed by atoms with Gasteiger partial charge in [-0.3, -0.25) is 9.59 Å². The lowest BCUT2D eigenvalue weighted by Crippen LogP contribution is -2.60. The summed E-state index contributed by atoms with van der Waals surface area (Å²) in [5.74, 6) is 0.152. The first-order valence-corrected chi connectivity index (χ1v) is 10.8. The third-order valence-electron chi connectivity index (χ3n) is 5.75. The van der Waals surface area contributed by atoms with E-state index < -0.39 is 5.54 Å². The Kier molecular flexibility index (Phi) is 7.44. The van der Waals surface area contributed by atoms with Crippen LogP contribution >= 0.6 is 0 Å². The molecule has 0 radical (unpaired) electrons. The second-order valence-corrected chi connectivity index (χ2v) is 7.73. The number of aromatic nitrogens is 1. The van der Waals surface area contributed by atoms with Crippen LogP contribution in [-0.4, -0.2) is 40.3 Å². The summed E-state index contributed by atoms with van der Waals surface area (Å²) < 4.78 is 5.75. The summed E-state index contributed by atoms with van der Waals surface area (Å²) in [4.78, 5) is 32.4. The largest absolute Gasteiger partial charge is 0.473 e. The first-order chi connectivity index (χ1) is 14.6. The van der Waals surface area contributed by atoms with Gasteiger partial charge < -0.3 is 15.0 Å². The predicted molar refractivity (Wildman–Crippen MR) is 116 cm³/mol. The monoisotopic (exact) mass is 409 g/mol. The summed E-state index contributed by atoms with van der Waals surface area (Å²) in [5, 5.41) is 3.09. The lowest BCUT2D eigenvalue weighted by atomic mass is 9.80. The second-order valence-electron chi connectivity index (χ2n) is 7.73. The Morgan fingerprint density at radius 1 is 1.07 bits per heavy atom. The fraction of sp³-hybridized carbons (Fsp3) is 0.458. The van der Waals surface area contributed by atoms with E-state index in [1.807, 2.05) is 49.1 Å². The Morgan fingerprint density at radius 2 is 1.77 bits per heavy atom. The molecule has 1 aromatic carbocycles. The zero-order valence-corrected chi connectivity index (χ0v) is 17.9. The van der Waals surface area contributed by atoms with Crippen molar-refractivity contribution in [1.82, 2.24) is 15.2 Å². The Balaban J connectivity index is 1.73. The topological polar surface area (TPSA) is 71.5 Å². The molecule has 1 aliphatic carbocycles. The van der Waals surface area contributed by atoms with E-state index in [0.29, 0.717) is 44.0 Å². The second kappa shape index (κ2) is 10.2. The number of nitrogens with zero attached hydrogens (tertiary/aromatic N) is 2. The van der Waals surface area contributed by atoms with Crippen LogP contribution in [0.3, 0.4) is 0 Å². The molecule has 1 heterocycles. The molecule has 0 atom stereocenters. The quantitative estimate of drug-likeness (QED) is 0.716. The van der Waals surface area contributed by atoms with Gasteiger partial charge in [0.05, 0.1) is 0 Å². The van der Waals surface area contributed by atoms with Crippen molar-refractivity contribution in [2.45, 2.75) is 58.1 Å². The van der Waals surface area contributed by atoms with Crippen molar-refractivity contribution in [1.29, 1.82) is 0 Å². The van der Waals surface area contributed by atoms with Gasteiger partial charge in [-0.1, -0.05) is 49.6 Å². The molecule has 1 aliphatic rings. The van der Waals surface area contributed by atoms with Crippen LogP contribution in [0.25, 0.3) is 0 Å². The van der Waals surface area contributed by atoms with Crippen molar-refractivity contribution in [2.24, 2.45) is 0 Å². The van der Waals surface area contributed by atoms with Crippen molar-refractivity contribution in [3.63, 3.8) is 0 Å². The summed E-state index contributed by atoms with van der Waals surface area (Å²) in [6.07, 6.45) is 5.89. The van der Waals surface area contributed by atoms with Crippen LogP contribution in [-0.2, 0) is 11.4 Å². The van der Waals surface area contributed by atoms with Gasteiger partial charge in [0.1, 0.15) is 12.1 Å². The zero-order valence-electron chi connectivity index (χ0n) is 17.9. The van der Waals surface area contributed by atoms with Crippen LogP contribution in [0.5, 0.6) is 5.88 Å². The third kappa shape index (κ3) is 5.17. The maximum Gasteiger partial charge on any atom is 0.252 e. The number of nitrogens with one attached hydrogen (secondary N) is 1. The number of hydrogen-bond acceptors (Lipinski definition) is 4. The maximum atomic E-state index is 13.2. The highest BCUT2D eigenvalue weighted by Crippen LogP contribution is 2.30. The Bertz CT molecular complexity index is 844. The smallest absolute Gasteiger partial charge is 0.252 e. The van der Waals surface area contributed by atoms with Crippen LogP contribution in [0, 0.1) is 0 Å². The number of ether oxygens (including phenoxy) is 1. The molecule has 6 heteroatoms. The van der Waals surface area contributed by atoms with Crippen LogP contribution < -0.4 is 10.1 Å². The van der Waals surface area contributed by atoms with Gasteiger partial charge in [-0.25, -0.2) is 4.98 Å². The minimum atomic E-state index is -0.824. The van der Waals surface area contributed by atoms with Crippen LogP contribution in [0.2, 0.25) is 0 Å². The molecule has 1 saturated carbocycles. The highest BCUT2D eigenvalue weighted by atomic mass is 16.5. The molecule has 0 unspecified atom stereocenters. The average Bonchev–Trinajstić information content (AvgIpc) is 2.80. The van der Waals surface area contributed by atoms with Gasteiger partial charge in [-0.15, -0.1) is 0 Å². The average molecular weight is 410 g/mol. The van der Waals surface area contributed by atoms with E-state index in [9.17, 15) is 9.59 Å². The van der Waals surface area contributed by atoms with Crippen LogP contribution in [0.4, 0.5) is 0 Å². The molecule has 0 aliphatic heterocycles. The van der Waals surface area contributed by atoms with E-state index in [1.54, 1.807) is 18.3 Å². The lowest BCUT2D eigenvalue weighted by molar-refractivity contribution is -0.139. The number of rotatable bonds is 8. The molecule has 1 fully saturated rings. The standard InChI is InChI=1S/C24H31N3O3/c1-3-27(4-2)23(29)24(14-9-6-10-15-24)26-22(28)20-13-16-25-21(17-20)30-18-19-11-7-5-8-12-19/h5,7-8,11-13,16-17H,3-4,6,9-10,14-15,18H2,1-2H3,(H,26,28). The van der Waals surface area contributed by atoms with E-state index >= 15 is 0 Å². The molecule has 0 bridgehead atoms. The first-order valence-electron chi connectivity index (χ1n) is 10.8. The molecule has 1 N–H and O–H groups in total. The number of amides is 2. The highest BCUT2D eigenvalue weighted by Gasteiger charge is 2.42. The number of carbonyl (C=O) groups excluding carboxylic acids is 2. The van der Waals surface area contributed by atoms with Gasteiger partial charge in [0.2, 0.25) is 11.8 Å². The molecule has 2 aromatic rings. The van der Waals surface area contributed by atoms with Crippen LogP contribution in [0.1, 0.15) is 61.9 Å². The molecule has 30 heavy (non-hydrogen) atoms. The molecule has 160 valence electrons. The zero-order chi connectivity index (χ0) is 21.4. The van der Waals surface area contributed by atoms with Gasteiger partial charge >= 0.3 is 0 Å². The van der Waals surface area contributed by atoms with Crippen LogP contribution in [0.15, 0.2) is 48.7 Å². The number of pyridine rings is 1. The van der Waals surface area contributed by atoms with Crippen molar-refractivity contribution >= 4 is 11.8 Å². The van der Waals surface area contributed by atoms with Gasteiger partial charge in [-0.05, 0) is 38.3 Å². The van der Waals surface area contributed by atoms with Gasteiger partial charge in [0.15, 0.2) is 0 Å². The van der Waals surface area contributed by atoms with Crippen molar-refractivity contribution < 1.29 is 14.3 Å². The van der Waals surface area contributed by atoms with Crippen molar-refractivity contribution in [3.05, 3.63) is 59.8 Å². The Morgan fingerprint density at radius 3 is 2.43 bits per heavy atom. The summed E-state index contributed by atoms with van der Waals surface area (Å²) in [7, 11) is 0. The van der Waals surface area contributed by atoms with Gasteiger partial charge in [-0.2, -0.15) is 0 Å². The summed E-state index contributed by atoms with van der Waals surface area (Å²) in [5.41, 5.74) is 0.654. The molecule has 2 amide bonds. The number of likely N-dealkylation sites (N-methyl/N-ethyl adjacent to an activating group) is 1. The molecule has 6 nitrogen and oxygen atoms in total. The number of hydrogen-bond donors (Lipinski definition) is 1. The van der Waals surface area contributed by atoms with E-state index in [1.165, 1.54) is 0 Å². The minimum absolute atomic E-state index is 0.0233. The molecule has 0 spiro atoms. The number of benzene rings is 1. The fourth-order valence-electron chi connectivity index (χ4n) is 4.01. The molecular formula is C24H31N3O3. The summed E-state index contributed by atoms with van der Waals surface area (Å²) >= 11 is 0. The lowest BCUT2D eigenvalue weighted by Gasteiger charge is -2.40. The first kappa shape index (κ1) is 21.8. The highest BCUT2D eigenvalue weighted by molar-refractivity contribution is 5.99. The SMILES string of the molecule is CCN(CC)C(=O)C1(NC(=O)c2ccnc(OCc3ccccc3)c2)CCCCC1. The predicted octanol–water partition coefficient (Wildman–Crippen LogP) is 3.96. The minimum Gasteiger partial charge on any atom is -0.473 e. The molecule has 3 rings (SSSR count). The normalized spacial score (nSPS) is 15.3.